The predicted octanol–water partition coefficient (Wildman–Crippen LogP) is 3.13. The van der Waals surface area contributed by atoms with Gasteiger partial charge in [-0.3, -0.25) is 0 Å². The molecule has 1 atom stereocenters. The molecule has 0 spiro atoms. The van der Waals surface area contributed by atoms with Crippen LogP contribution in [0.4, 0.5) is 8.78 Å². The zero-order chi connectivity index (χ0) is 12.1. The highest BCUT2D eigenvalue weighted by atomic mass is 32.2. The van der Waals surface area contributed by atoms with Crippen molar-refractivity contribution in [2.24, 2.45) is 0 Å². The number of halogens is 2. The highest BCUT2D eigenvalue weighted by Gasteiger charge is 2.14. The van der Waals surface area contributed by atoms with E-state index in [4.69, 9.17) is 4.74 Å². The minimum absolute atomic E-state index is 0.192. The standard InChI is InChI=1S/C12H15F2NOS/c13-12(14)17-11-5-3-9(4-6-11)16-10-2-1-7-15-8-10/h3-6,10,12,15H,1-2,7-8H2. The van der Waals surface area contributed by atoms with Crippen molar-refractivity contribution in [1.82, 2.24) is 5.32 Å². The van der Waals surface area contributed by atoms with E-state index >= 15 is 0 Å². The number of hydrogen-bond donors (Lipinski definition) is 1. The summed E-state index contributed by atoms with van der Waals surface area (Å²) in [5, 5.41) is 3.26. The average molecular weight is 259 g/mol. The van der Waals surface area contributed by atoms with E-state index in [1.165, 1.54) is 0 Å². The van der Waals surface area contributed by atoms with E-state index in [9.17, 15) is 8.78 Å². The summed E-state index contributed by atoms with van der Waals surface area (Å²) in [7, 11) is 0. The number of ether oxygens (including phenoxy) is 1. The quantitative estimate of drug-likeness (QED) is 0.839. The van der Waals surface area contributed by atoms with Crippen molar-refractivity contribution in [3.8, 4) is 5.75 Å². The molecule has 1 aromatic rings. The molecule has 1 heterocycles. The maximum Gasteiger partial charge on any atom is 0.288 e. The van der Waals surface area contributed by atoms with E-state index in [2.05, 4.69) is 5.32 Å². The van der Waals surface area contributed by atoms with Crippen LogP contribution in [-0.4, -0.2) is 25.0 Å². The van der Waals surface area contributed by atoms with Gasteiger partial charge in [-0.05, 0) is 43.7 Å². The molecule has 0 saturated carbocycles. The van der Waals surface area contributed by atoms with Gasteiger partial charge in [0.05, 0.1) is 0 Å². The summed E-state index contributed by atoms with van der Waals surface area (Å²) in [6.45, 7) is 1.90. The fraction of sp³-hybridized carbons (Fsp3) is 0.500. The summed E-state index contributed by atoms with van der Waals surface area (Å²) in [5.41, 5.74) is 0. The van der Waals surface area contributed by atoms with Crippen molar-refractivity contribution in [1.29, 1.82) is 0 Å². The second-order valence-electron chi connectivity index (χ2n) is 3.94. The Balaban J connectivity index is 1.88. The first-order valence-corrected chi connectivity index (χ1v) is 6.54. The number of rotatable bonds is 4. The molecule has 1 aliphatic heterocycles. The van der Waals surface area contributed by atoms with Crippen LogP contribution in [0.1, 0.15) is 12.8 Å². The summed E-state index contributed by atoms with van der Waals surface area (Å²) in [6, 6.07) is 6.84. The SMILES string of the molecule is FC(F)Sc1ccc(OC2CCCNC2)cc1. The highest BCUT2D eigenvalue weighted by Crippen LogP contribution is 2.27. The van der Waals surface area contributed by atoms with Crippen LogP contribution in [0.25, 0.3) is 0 Å². The molecule has 0 aromatic heterocycles. The fourth-order valence-electron chi connectivity index (χ4n) is 1.81. The van der Waals surface area contributed by atoms with Gasteiger partial charge in [-0.1, -0.05) is 11.8 Å². The molecule has 1 unspecified atom stereocenters. The van der Waals surface area contributed by atoms with Crippen LogP contribution in [0.5, 0.6) is 5.75 Å². The van der Waals surface area contributed by atoms with Crippen molar-refractivity contribution >= 4 is 11.8 Å². The maximum atomic E-state index is 12.1. The normalized spacial score (nSPS) is 20.5. The third kappa shape index (κ3) is 4.16. The van der Waals surface area contributed by atoms with Gasteiger partial charge in [-0.2, -0.15) is 8.78 Å². The molecular formula is C12H15F2NOS. The van der Waals surface area contributed by atoms with Gasteiger partial charge < -0.3 is 10.1 Å². The largest absolute Gasteiger partial charge is 0.489 e. The second kappa shape index (κ2) is 6.21. The number of hydrogen-bond acceptors (Lipinski definition) is 3. The van der Waals surface area contributed by atoms with Crippen molar-refractivity contribution in [2.75, 3.05) is 13.1 Å². The summed E-state index contributed by atoms with van der Waals surface area (Å²) < 4.78 is 30.0. The number of piperidine rings is 1. The molecule has 1 aromatic carbocycles. The van der Waals surface area contributed by atoms with Crippen LogP contribution in [0.3, 0.4) is 0 Å². The fourth-order valence-corrected chi connectivity index (χ4v) is 2.31. The van der Waals surface area contributed by atoms with E-state index < -0.39 is 5.76 Å². The van der Waals surface area contributed by atoms with Crippen LogP contribution in [0, 0.1) is 0 Å². The Morgan fingerprint density at radius 1 is 1.29 bits per heavy atom. The minimum Gasteiger partial charge on any atom is -0.489 e. The van der Waals surface area contributed by atoms with Gasteiger partial charge in [-0.15, -0.1) is 0 Å². The molecule has 17 heavy (non-hydrogen) atoms. The van der Waals surface area contributed by atoms with Crippen molar-refractivity contribution in [3.05, 3.63) is 24.3 Å². The molecule has 2 nitrogen and oxygen atoms in total. The molecule has 0 bridgehead atoms. The lowest BCUT2D eigenvalue weighted by molar-refractivity contribution is 0.167. The molecule has 94 valence electrons. The van der Waals surface area contributed by atoms with Crippen LogP contribution in [-0.2, 0) is 0 Å². The number of nitrogens with one attached hydrogen (secondary N) is 1. The van der Waals surface area contributed by atoms with Gasteiger partial charge >= 0.3 is 0 Å². The number of benzene rings is 1. The minimum atomic E-state index is -2.37. The lowest BCUT2D eigenvalue weighted by Gasteiger charge is -2.23. The van der Waals surface area contributed by atoms with Gasteiger partial charge in [-0.25, -0.2) is 0 Å². The van der Waals surface area contributed by atoms with Crippen molar-refractivity contribution in [2.45, 2.75) is 29.6 Å². The monoisotopic (exact) mass is 259 g/mol. The topological polar surface area (TPSA) is 21.3 Å². The molecular weight excluding hydrogens is 244 g/mol. The van der Waals surface area contributed by atoms with Crippen LogP contribution in [0.2, 0.25) is 0 Å². The van der Waals surface area contributed by atoms with E-state index in [0.717, 1.165) is 31.7 Å². The first-order chi connectivity index (χ1) is 8.24. The number of alkyl halides is 2. The summed E-state index contributed by atoms with van der Waals surface area (Å²) >= 11 is 0.552. The van der Waals surface area contributed by atoms with Crippen LogP contribution < -0.4 is 10.1 Å². The number of thioether (sulfide) groups is 1. The zero-order valence-electron chi connectivity index (χ0n) is 9.36. The molecule has 0 aliphatic carbocycles. The van der Waals surface area contributed by atoms with E-state index in [1.54, 1.807) is 24.3 Å². The lowest BCUT2D eigenvalue weighted by Crippen LogP contribution is -2.37. The van der Waals surface area contributed by atoms with Crippen molar-refractivity contribution < 1.29 is 13.5 Å². The Hall–Kier alpha value is -0.810. The molecule has 0 radical (unpaired) electrons. The Morgan fingerprint density at radius 3 is 2.65 bits per heavy atom. The molecule has 1 saturated heterocycles. The van der Waals surface area contributed by atoms with Crippen LogP contribution >= 0.6 is 11.8 Å². The summed E-state index contributed by atoms with van der Waals surface area (Å²) in [6.07, 6.45) is 2.35. The van der Waals surface area contributed by atoms with Crippen LogP contribution in [0.15, 0.2) is 29.2 Å². The third-order valence-corrected chi connectivity index (χ3v) is 3.33. The smallest absolute Gasteiger partial charge is 0.288 e. The first-order valence-electron chi connectivity index (χ1n) is 5.66. The maximum absolute atomic E-state index is 12.1. The van der Waals surface area contributed by atoms with Gasteiger partial charge in [0.1, 0.15) is 11.9 Å². The predicted molar refractivity (Wildman–Crippen MR) is 64.8 cm³/mol. The molecule has 0 amide bonds. The molecule has 2 rings (SSSR count). The molecule has 5 heteroatoms. The van der Waals surface area contributed by atoms with Gasteiger partial charge in [0.15, 0.2) is 0 Å². The molecule has 1 N–H and O–H groups in total. The molecule has 1 fully saturated rings. The average Bonchev–Trinajstić information content (AvgIpc) is 2.32. The molecule has 1 aliphatic rings. The van der Waals surface area contributed by atoms with E-state index in [1.807, 2.05) is 0 Å². The first kappa shape index (κ1) is 12.6. The van der Waals surface area contributed by atoms with Gasteiger partial charge in [0.2, 0.25) is 0 Å². The summed E-state index contributed by atoms with van der Waals surface area (Å²) in [4.78, 5) is 0.564. The van der Waals surface area contributed by atoms with E-state index in [0.29, 0.717) is 16.7 Å². The Morgan fingerprint density at radius 2 is 2.06 bits per heavy atom. The van der Waals surface area contributed by atoms with Gasteiger partial charge in [0, 0.05) is 11.4 Å². The Kier molecular flexibility index (Phi) is 4.62. The summed E-state index contributed by atoms with van der Waals surface area (Å²) in [5.74, 6) is -1.62. The Bertz CT molecular complexity index is 339. The van der Waals surface area contributed by atoms with Crippen molar-refractivity contribution in [3.63, 3.8) is 0 Å². The third-order valence-electron chi connectivity index (χ3n) is 2.60. The Labute approximate surface area is 104 Å². The van der Waals surface area contributed by atoms with Gasteiger partial charge in [0.25, 0.3) is 5.76 Å². The highest BCUT2D eigenvalue weighted by molar-refractivity contribution is 7.99. The lowest BCUT2D eigenvalue weighted by atomic mass is 10.1. The zero-order valence-corrected chi connectivity index (χ0v) is 10.2. The second-order valence-corrected chi connectivity index (χ2v) is 5.00. The van der Waals surface area contributed by atoms with E-state index in [-0.39, 0.29) is 6.10 Å².